The first-order chi connectivity index (χ1) is 8.37. The fourth-order valence-corrected chi connectivity index (χ4v) is 4.58. The normalized spacial score (nSPS) is 12.5. The van der Waals surface area contributed by atoms with Gasteiger partial charge in [-0.1, -0.05) is 50.9 Å². The molecule has 0 aliphatic rings. The van der Waals surface area contributed by atoms with E-state index in [2.05, 4.69) is 5.09 Å². The third-order valence-corrected chi connectivity index (χ3v) is 6.25. The van der Waals surface area contributed by atoms with Crippen LogP contribution < -0.4 is 5.09 Å². The molecule has 0 bridgehead atoms. The number of carbonyl (C=O) groups is 1. The van der Waals surface area contributed by atoms with Crippen LogP contribution in [0, 0.1) is 0 Å². The van der Waals surface area contributed by atoms with Crippen LogP contribution in [0.25, 0.3) is 0 Å². The summed E-state index contributed by atoms with van der Waals surface area (Å²) in [5.74, 6) is -0.625. The molecule has 0 fully saturated rings. The van der Waals surface area contributed by atoms with Gasteiger partial charge in [-0.2, -0.15) is 0 Å². The van der Waals surface area contributed by atoms with Gasteiger partial charge in [0.25, 0.3) is 5.91 Å². The van der Waals surface area contributed by atoms with Crippen LogP contribution in [-0.4, -0.2) is 46.3 Å². The highest BCUT2D eigenvalue weighted by atomic mass is 35.5. The summed E-state index contributed by atoms with van der Waals surface area (Å²) in [6.07, 6.45) is 0. The van der Waals surface area contributed by atoms with Crippen molar-refractivity contribution >= 4 is 36.7 Å². The van der Waals surface area contributed by atoms with Crippen molar-refractivity contribution in [3.63, 3.8) is 0 Å². The molecule has 5 nitrogen and oxygen atoms in total. The minimum atomic E-state index is -3.15. The molecule has 1 N–H and O–H groups in total. The highest BCUT2D eigenvalue weighted by molar-refractivity contribution is 7.57. The summed E-state index contributed by atoms with van der Waals surface area (Å²) < 4.78 is 16.5. The van der Waals surface area contributed by atoms with Crippen LogP contribution in [0.4, 0.5) is 0 Å². The maximum absolute atomic E-state index is 13.1. The first-order valence-corrected chi connectivity index (χ1v) is 8.56. The van der Waals surface area contributed by atoms with E-state index in [-0.39, 0.29) is 0 Å². The monoisotopic (exact) mass is 317 g/mol. The molecule has 0 spiro atoms. The Hall–Kier alpha value is 0.200. The van der Waals surface area contributed by atoms with Crippen molar-refractivity contribution in [2.75, 3.05) is 26.2 Å². The zero-order chi connectivity index (χ0) is 14.3. The molecule has 0 rings (SSSR count). The Labute approximate surface area is 119 Å². The second kappa shape index (κ2) is 8.39. The van der Waals surface area contributed by atoms with E-state index in [1.165, 1.54) is 0 Å². The van der Waals surface area contributed by atoms with Crippen molar-refractivity contribution < 1.29 is 9.36 Å². The summed E-state index contributed by atoms with van der Waals surface area (Å²) in [7, 11) is -3.15. The van der Waals surface area contributed by atoms with Crippen molar-refractivity contribution in [3.8, 4) is 0 Å². The zero-order valence-corrected chi connectivity index (χ0v) is 13.7. The van der Waals surface area contributed by atoms with Crippen LogP contribution >= 0.6 is 30.8 Å². The van der Waals surface area contributed by atoms with E-state index < -0.39 is 18.3 Å². The van der Waals surface area contributed by atoms with Gasteiger partial charge in [-0.05, 0) is 0 Å². The number of nitrogens with one attached hydrogen (secondary N) is 1. The van der Waals surface area contributed by atoms with Gasteiger partial charge in [0.05, 0.1) is 0 Å². The Morgan fingerprint density at radius 2 is 1.39 bits per heavy atom. The lowest BCUT2D eigenvalue weighted by atomic mass is 10.7. The van der Waals surface area contributed by atoms with E-state index in [9.17, 15) is 9.36 Å². The fourth-order valence-electron chi connectivity index (χ4n) is 1.73. The van der Waals surface area contributed by atoms with Crippen LogP contribution in [0.15, 0.2) is 0 Å². The van der Waals surface area contributed by atoms with Gasteiger partial charge < -0.3 is 0 Å². The Balaban J connectivity index is 5.26. The molecule has 0 aromatic rings. The molecule has 0 unspecified atom stereocenters. The Bertz CT molecular complexity index is 291. The summed E-state index contributed by atoms with van der Waals surface area (Å²) in [5, 5.41) is 2.50. The number of amides is 1. The molecular weight excluding hydrogens is 296 g/mol. The van der Waals surface area contributed by atoms with Gasteiger partial charge in [0.2, 0.25) is 0 Å². The second-order valence-corrected chi connectivity index (χ2v) is 7.14. The molecule has 0 saturated carbocycles. The van der Waals surface area contributed by atoms with Crippen LogP contribution in [0.5, 0.6) is 0 Å². The predicted octanol–water partition coefficient (Wildman–Crippen LogP) is 2.70. The Morgan fingerprint density at radius 1 is 1.06 bits per heavy atom. The summed E-state index contributed by atoms with van der Waals surface area (Å²) in [6.45, 7) is 9.85. The van der Waals surface area contributed by atoms with Crippen molar-refractivity contribution in [2.45, 2.75) is 32.5 Å². The minimum absolute atomic E-state index is 0.569. The zero-order valence-electron chi connectivity index (χ0n) is 11.3. The third kappa shape index (κ3) is 4.39. The molecule has 0 aliphatic heterocycles. The van der Waals surface area contributed by atoms with Crippen LogP contribution in [0.1, 0.15) is 27.7 Å². The van der Waals surface area contributed by atoms with Gasteiger partial charge in [0, 0.05) is 26.2 Å². The molecular formula is C10H22Cl2N3O2P. The highest BCUT2D eigenvalue weighted by Gasteiger charge is 2.36. The SMILES string of the molecule is CCN(CC)P(=O)(NC(=O)C(Cl)Cl)N(CC)CC. The number of rotatable bonds is 8. The van der Waals surface area contributed by atoms with Crippen molar-refractivity contribution in [3.05, 3.63) is 0 Å². The van der Waals surface area contributed by atoms with Crippen molar-refractivity contribution in [1.82, 2.24) is 14.4 Å². The quantitative estimate of drug-likeness (QED) is 0.552. The number of alkyl halides is 2. The minimum Gasteiger partial charge on any atom is -0.280 e. The van der Waals surface area contributed by atoms with Crippen LogP contribution in [0.3, 0.4) is 0 Å². The van der Waals surface area contributed by atoms with Crippen LogP contribution in [-0.2, 0) is 9.36 Å². The maximum Gasteiger partial charge on any atom is 0.310 e. The molecule has 0 aromatic carbocycles. The molecule has 1 amide bonds. The van der Waals surface area contributed by atoms with E-state index in [1.807, 2.05) is 27.7 Å². The average Bonchev–Trinajstić information content (AvgIpc) is 2.31. The summed E-state index contributed by atoms with van der Waals surface area (Å²) in [5.41, 5.74) is 0. The van der Waals surface area contributed by atoms with E-state index in [1.54, 1.807) is 9.34 Å². The smallest absolute Gasteiger partial charge is 0.280 e. The predicted molar refractivity (Wildman–Crippen MR) is 77.1 cm³/mol. The van der Waals surface area contributed by atoms with Crippen LogP contribution in [0.2, 0.25) is 0 Å². The van der Waals surface area contributed by atoms with E-state index in [4.69, 9.17) is 23.2 Å². The highest BCUT2D eigenvalue weighted by Crippen LogP contribution is 2.48. The lowest BCUT2D eigenvalue weighted by Gasteiger charge is -2.37. The molecule has 0 radical (unpaired) electrons. The largest absolute Gasteiger partial charge is 0.310 e. The molecule has 108 valence electrons. The van der Waals surface area contributed by atoms with Crippen molar-refractivity contribution in [1.29, 1.82) is 0 Å². The van der Waals surface area contributed by atoms with Crippen molar-refractivity contribution in [2.24, 2.45) is 0 Å². The summed E-state index contributed by atoms with van der Waals surface area (Å²) >= 11 is 11.0. The van der Waals surface area contributed by atoms with Gasteiger partial charge >= 0.3 is 7.59 Å². The van der Waals surface area contributed by atoms with Gasteiger partial charge in [0.15, 0.2) is 4.84 Å². The first kappa shape index (κ1) is 18.2. The fraction of sp³-hybridized carbons (Fsp3) is 0.900. The molecule has 0 aromatic heterocycles. The molecule has 0 atom stereocenters. The van der Waals surface area contributed by atoms with E-state index in [0.717, 1.165) is 0 Å². The molecule has 18 heavy (non-hydrogen) atoms. The van der Waals surface area contributed by atoms with Gasteiger partial charge in [-0.3, -0.25) is 14.4 Å². The number of halogens is 2. The lowest BCUT2D eigenvalue weighted by Crippen LogP contribution is -2.42. The maximum atomic E-state index is 13.1. The molecule has 0 aliphatic carbocycles. The number of nitrogens with zero attached hydrogens (tertiary/aromatic N) is 2. The lowest BCUT2D eigenvalue weighted by molar-refractivity contribution is -0.117. The second-order valence-electron chi connectivity index (χ2n) is 3.60. The average molecular weight is 318 g/mol. The number of carbonyl (C=O) groups excluding carboxylic acids is 1. The Morgan fingerprint density at radius 3 is 1.61 bits per heavy atom. The molecule has 0 saturated heterocycles. The summed E-state index contributed by atoms with van der Waals surface area (Å²) in [6, 6.07) is 0. The topological polar surface area (TPSA) is 52.7 Å². The standard InChI is InChI=1S/C10H22Cl2N3O2P/c1-5-14(6-2)18(17,15(7-3)8-4)13-10(16)9(11)12/h9H,5-8H2,1-4H3,(H,13,16,17). The van der Waals surface area contributed by atoms with Gasteiger partial charge in [0.1, 0.15) is 0 Å². The summed E-state index contributed by atoms with van der Waals surface area (Å²) in [4.78, 5) is 10.4. The number of hydrogen-bond acceptors (Lipinski definition) is 2. The molecule has 0 heterocycles. The molecule has 8 heteroatoms. The van der Waals surface area contributed by atoms with Gasteiger partial charge in [-0.25, -0.2) is 9.34 Å². The van der Waals surface area contributed by atoms with E-state index >= 15 is 0 Å². The number of hydrogen-bond donors (Lipinski definition) is 1. The first-order valence-electron chi connectivity index (χ1n) is 6.08. The van der Waals surface area contributed by atoms with Gasteiger partial charge in [-0.15, -0.1) is 0 Å². The Kier molecular flexibility index (Phi) is 8.48. The third-order valence-electron chi connectivity index (χ3n) is 2.68. The van der Waals surface area contributed by atoms with E-state index in [0.29, 0.717) is 26.2 Å².